The van der Waals surface area contributed by atoms with E-state index in [4.69, 9.17) is 0 Å². The van der Waals surface area contributed by atoms with Gasteiger partial charge in [0.15, 0.2) is 0 Å². The van der Waals surface area contributed by atoms with Gasteiger partial charge in [0.25, 0.3) is 5.91 Å². The lowest BCUT2D eigenvalue weighted by molar-refractivity contribution is 0.0614. The van der Waals surface area contributed by atoms with Gasteiger partial charge in [0.2, 0.25) is 0 Å². The highest BCUT2D eigenvalue weighted by Crippen LogP contribution is 2.26. The summed E-state index contributed by atoms with van der Waals surface area (Å²) in [5, 5.41) is 5.56. The van der Waals surface area contributed by atoms with Crippen LogP contribution in [-0.4, -0.2) is 73.2 Å². The van der Waals surface area contributed by atoms with Crippen molar-refractivity contribution in [3.8, 4) is 11.3 Å². The Bertz CT molecular complexity index is 1290. The molecule has 1 amide bonds. The van der Waals surface area contributed by atoms with E-state index >= 15 is 0 Å². The first-order valence-electron chi connectivity index (χ1n) is 11.3. The normalized spacial score (nSPS) is 15.7. The van der Waals surface area contributed by atoms with Crippen LogP contribution in [0, 0.1) is 11.6 Å². The van der Waals surface area contributed by atoms with E-state index in [1.165, 1.54) is 0 Å². The smallest absolute Gasteiger partial charge is 0.254 e. The highest BCUT2D eigenvalue weighted by atomic mass is 19.1. The number of hydrogen-bond acceptors (Lipinski definition) is 5. The van der Waals surface area contributed by atoms with E-state index in [0.717, 1.165) is 53.5 Å². The van der Waals surface area contributed by atoms with E-state index in [1.807, 2.05) is 29.3 Å². The minimum absolute atomic E-state index is 0.0442. The van der Waals surface area contributed by atoms with Crippen molar-refractivity contribution in [2.75, 3.05) is 32.7 Å². The van der Waals surface area contributed by atoms with Crippen LogP contribution in [-0.2, 0) is 0 Å². The minimum Gasteiger partial charge on any atom is -0.346 e. The summed E-state index contributed by atoms with van der Waals surface area (Å²) in [6.45, 7) is 5.29. The summed E-state index contributed by atoms with van der Waals surface area (Å²) < 4.78 is 29.0. The molecule has 34 heavy (non-hydrogen) atoms. The maximum atomic E-state index is 13.5. The van der Waals surface area contributed by atoms with E-state index in [0.29, 0.717) is 26.2 Å². The Balaban J connectivity index is 1.23. The van der Waals surface area contributed by atoms with Gasteiger partial charge in [0, 0.05) is 67.7 Å². The van der Waals surface area contributed by atoms with Gasteiger partial charge in [-0.1, -0.05) is 6.92 Å². The number of carbonyl (C=O) groups excluding carboxylic acids is 1. The van der Waals surface area contributed by atoms with Gasteiger partial charge >= 0.3 is 0 Å². The summed E-state index contributed by atoms with van der Waals surface area (Å²) in [5.74, 6) is -1.83. The number of nitrogens with zero attached hydrogens (tertiary/aromatic N) is 6. The fourth-order valence-corrected chi connectivity index (χ4v) is 4.45. The van der Waals surface area contributed by atoms with E-state index in [1.54, 1.807) is 11.2 Å². The predicted octanol–water partition coefficient (Wildman–Crippen LogP) is 3.51. The Morgan fingerprint density at radius 3 is 2.62 bits per heavy atom. The molecular weight excluding hydrogens is 440 g/mol. The second kappa shape index (κ2) is 9.30. The topological polar surface area (TPSA) is 82.9 Å². The Hall–Kier alpha value is -3.66. The summed E-state index contributed by atoms with van der Waals surface area (Å²) in [7, 11) is 0. The van der Waals surface area contributed by atoms with Crippen LogP contribution < -0.4 is 0 Å². The van der Waals surface area contributed by atoms with Crippen molar-refractivity contribution >= 4 is 16.9 Å². The van der Waals surface area contributed by atoms with Crippen LogP contribution in [0.3, 0.4) is 0 Å². The van der Waals surface area contributed by atoms with Crippen LogP contribution >= 0.6 is 0 Å². The molecular formula is C24H25F2N7O. The van der Waals surface area contributed by atoms with Gasteiger partial charge < -0.3 is 9.88 Å². The molecule has 10 heteroatoms. The molecule has 4 aromatic rings. The van der Waals surface area contributed by atoms with Crippen molar-refractivity contribution < 1.29 is 13.6 Å². The molecule has 0 aliphatic carbocycles. The molecule has 1 N–H and O–H groups in total. The number of benzene rings is 1. The number of hydrogen-bond donors (Lipinski definition) is 1. The number of halogens is 2. The van der Waals surface area contributed by atoms with Crippen LogP contribution in [0.1, 0.15) is 29.7 Å². The van der Waals surface area contributed by atoms with Gasteiger partial charge in [-0.2, -0.15) is 5.10 Å². The Morgan fingerprint density at radius 2 is 1.88 bits per heavy atom. The third-order valence-corrected chi connectivity index (χ3v) is 6.31. The third-order valence-electron chi connectivity index (χ3n) is 6.31. The highest BCUT2D eigenvalue weighted by molar-refractivity contribution is 5.94. The Labute approximate surface area is 195 Å². The molecule has 0 radical (unpaired) electrons. The number of aromatic amines is 1. The Kier molecular flexibility index (Phi) is 6.06. The number of aromatic nitrogens is 5. The molecule has 1 atom stereocenters. The van der Waals surface area contributed by atoms with Gasteiger partial charge in [-0.05, 0) is 24.6 Å². The predicted molar refractivity (Wildman–Crippen MR) is 123 cm³/mol. The van der Waals surface area contributed by atoms with Crippen LogP contribution in [0.15, 0.2) is 49.2 Å². The van der Waals surface area contributed by atoms with Crippen LogP contribution in [0.5, 0.6) is 0 Å². The number of rotatable bonds is 6. The first kappa shape index (κ1) is 22.1. The SMILES string of the molecule is CCC(CN1CCN(C(=O)c2cc(F)cc(F)c2)CC1)n1cc(-c2ncnc3[nH]ccc23)cn1. The minimum atomic E-state index is -0.745. The molecule has 3 aromatic heterocycles. The molecule has 0 bridgehead atoms. The molecule has 1 fully saturated rings. The molecule has 1 aliphatic rings. The number of nitrogens with one attached hydrogen (secondary N) is 1. The van der Waals surface area contributed by atoms with Gasteiger partial charge in [0.1, 0.15) is 23.6 Å². The zero-order valence-electron chi connectivity index (χ0n) is 18.8. The van der Waals surface area contributed by atoms with Crippen molar-refractivity contribution in [2.24, 2.45) is 0 Å². The molecule has 8 nitrogen and oxygen atoms in total. The number of amides is 1. The molecule has 0 saturated carbocycles. The van der Waals surface area contributed by atoms with E-state index < -0.39 is 11.6 Å². The first-order chi connectivity index (χ1) is 16.5. The average Bonchev–Trinajstić information content (AvgIpc) is 3.51. The lowest BCUT2D eigenvalue weighted by atomic mass is 10.1. The second-order valence-corrected chi connectivity index (χ2v) is 8.48. The quantitative estimate of drug-likeness (QED) is 0.471. The zero-order valence-corrected chi connectivity index (χ0v) is 18.8. The highest BCUT2D eigenvalue weighted by Gasteiger charge is 2.25. The number of H-pyrrole nitrogens is 1. The van der Waals surface area contributed by atoms with E-state index in [2.05, 4.69) is 31.9 Å². The van der Waals surface area contributed by atoms with Gasteiger partial charge in [-0.15, -0.1) is 0 Å². The third kappa shape index (κ3) is 4.41. The fraction of sp³-hybridized carbons (Fsp3) is 0.333. The Morgan fingerprint density at radius 1 is 1.12 bits per heavy atom. The summed E-state index contributed by atoms with van der Waals surface area (Å²) in [5.41, 5.74) is 2.61. The van der Waals surface area contributed by atoms with Crippen molar-refractivity contribution in [1.82, 2.24) is 34.5 Å². The summed E-state index contributed by atoms with van der Waals surface area (Å²) >= 11 is 0. The monoisotopic (exact) mass is 465 g/mol. The maximum absolute atomic E-state index is 13.5. The maximum Gasteiger partial charge on any atom is 0.254 e. The molecule has 1 aliphatic heterocycles. The number of carbonyl (C=O) groups is 1. The van der Waals surface area contributed by atoms with E-state index in [9.17, 15) is 13.6 Å². The molecule has 176 valence electrons. The summed E-state index contributed by atoms with van der Waals surface area (Å²) in [6, 6.07) is 5.06. The summed E-state index contributed by atoms with van der Waals surface area (Å²) in [4.78, 5) is 28.4. The van der Waals surface area contributed by atoms with Crippen LogP contribution in [0.25, 0.3) is 22.3 Å². The van der Waals surface area contributed by atoms with Crippen LogP contribution in [0.4, 0.5) is 8.78 Å². The van der Waals surface area contributed by atoms with E-state index in [-0.39, 0.29) is 17.5 Å². The van der Waals surface area contributed by atoms with Gasteiger partial charge in [0.05, 0.1) is 17.9 Å². The number of fused-ring (bicyclic) bond motifs is 1. The molecule has 1 unspecified atom stereocenters. The van der Waals surface area contributed by atoms with Crippen molar-refractivity contribution in [2.45, 2.75) is 19.4 Å². The fourth-order valence-electron chi connectivity index (χ4n) is 4.45. The summed E-state index contributed by atoms with van der Waals surface area (Å²) in [6.07, 6.45) is 8.12. The molecule has 0 spiro atoms. The van der Waals surface area contributed by atoms with Crippen molar-refractivity contribution in [1.29, 1.82) is 0 Å². The van der Waals surface area contributed by atoms with Crippen molar-refractivity contribution in [3.63, 3.8) is 0 Å². The second-order valence-electron chi connectivity index (χ2n) is 8.48. The number of piperazine rings is 1. The van der Waals surface area contributed by atoms with Crippen molar-refractivity contribution in [3.05, 3.63) is 66.4 Å². The average molecular weight is 466 g/mol. The first-order valence-corrected chi connectivity index (χ1v) is 11.3. The zero-order chi connectivity index (χ0) is 23.7. The molecule has 5 rings (SSSR count). The largest absolute Gasteiger partial charge is 0.346 e. The van der Waals surface area contributed by atoms with Gasteiger partial charge in [-0.3, -0.25) is 14.4 Å². The standard InChI is InChI=1S/C24H25F2N7O/c1-2-20(33-13-17(12-30-33)22-21-3-4-27-23(21)29-15-28-22)14-31-5-7-32(8-6-31)24(34)16-9-18(25)11-19(26)10-16/h3-4,9-13,15,20H,2,5-8,14H2,1H3,(H,27,28,29). The lowest BCUT2D eigenvalue weighted by Gasteiger charge is -2.36. The molecule has 4 heterocycles. The molecule has 1 aromatic carbocycles. The van der Waals surface area contributed by atoms with Crippen LogP contribution in [0.2, 0.25) is 0 Å². The lowest BCUT2D eigenvalue weighted by Crippen LogP contribution is -2.50. The van der Waals surface area contributed by atoms with Gasteiger partial charge in [-0.25, -0.2) is 18.7 Å². The molecule has 1 saturated heterocycles.